The van der Waals surface area contributed by atoms with Crippen molar-refractivity contribution in [1.82, 2.24) is 20.3 Å². The Morgan fingerprint density at radius 1 is 1.23 bits per heavy atom. The molecule has 0 radical (unpaired) electrons. The number of rotatable bonds is 5. The molecule has 4 N–H and O–H groups in total. The van der Waals surface area contributed by atoms with Crippen LogP contribution in [0.2, 0.25) is 0 Å². The number of piperidine rings is 1. The van der Waals surface area contributed by atoms with Crippen molar-refractivity contribution in [1.29, 1.82) is 0 Å². The van der Waals surface area contributed by atoms with E-state index in [1.807, 2.05) is 6.07 Å². The van der Waals surface area contributed by atoms with Crippen LogP contribution in [0.15, 0.2) is 29.0 Å². The van der Waals surface area contributed by atoms with Gasteiger partial charge in [-0.15, -0.1) is 0 Å². The normalized spacial score (nSPS) is 15.5. The average molecular weight is 483 g/mol. The summed E-state index contributed by atoms with van der Waals surface area (Å²) in [7, 11) is 1.78. The van der Waals surface area contributed by atoms with Crippen LogP contribution in [0.1, 0.15) is 18.4 Å². The summed E-state index contributed by atoms with van der Waals surface area (Å²) in [4.78, 5) is 11.3. The van der Waals surface area contributed by atoms with Gasteiger partial charge in [-0.2, -0.15) is 13.2 Å². The molecule has 3 aromatic rings. The first kappa shape index (κ1) is 20.9. The van der Waals surface area contributed by atoms with Gasteiger partial charge in [-0.25, -0.2) is 9.97 Å². The fraction of sp³-hybridized carbons (Fsp3) is 0.400. The highest BCUT2D eigenvalue weighted by Crippen LogP contribution is 2.41. The maximum Gasteiger partial charge on any atom is 0.419 e. The molecule has 1 saturated heterocycles. The fourth-order valence-electron chi connectivity index (χ4n) is 3.75. The van der Waals surface area contributed by atoms with E-state index in [1.165, 1.54) is 0 Å². The van der Waals surface area contributed by atoms with Crippen molar-refractivity contribution in [2.45, 2.75) is 19.0 Å². The number of fused-ring (bicyclic) bond motifs is 1. The van der Waals surface area contributed by atoms with Crippen LogP contribution in [0, 0.1) is 5.92 Å². The number of nitrogens with zero attached hydrogens (tertiary/aromatic N) is 2. The average Bonchev–Trinajstić information content (AvgIpc) is 3.17. The van der Waals surface area contributed by atoms with E-state index in [0.717, 1.165) is 42.3 Å². The Morgan fingerprint density at radius 2 is 2.00 bits per heavy atom. The monoisotopic (exact) mass is 482 g/mol. The standard InChI is InChI=1S/C20H22BrF3N6/c1-25-15-3-2-12-13(9-27-18(12)16(15)21)17-14(20(22,23)24)10-29-19(30-17)28-8-11-4-6-26-7-5-11/h2-3,9-11,25-27H,4-8H2,1H3,(H,28,29,30). The molecule has 1 aliphatic heterocycles. The number of benzene rings is 1. The summed E-state index contributed by atoms with van der Waals surface area (Å²) in [5, 5.41) is 10.1. The molecule has 10 heteroatoms. The van der Waals surface area contributed by atoms with Crippen molar-refractivity contribution in [2.24, 2.45) is 5.92 Å². The summed E-state index contributed by atoms with van der Waals surface area (Å²) < 4.78 is 41.9. The summed E-state index contributed by atoms with van der Waals surface area (Å²) in [6.07, 6.45) is -0.101. The SMILES string of the molecule is CNc1ccc2c(-c3nc(NCC4CCNCC4)ncc3C(F)(F)F)c[nH]c2c1Br. The molecule has 0 unspecified atom stereocenters. The van der Waals surface area contributed by atoms with Crippen LogP contribution in [-0.4, -0.2) is 41.6 Å². The third kappa shape index (κ3) is 4.11. The van der Waals surface area contributed by atoms with Crippen LogP contribution >= 0.6 is 15.9 Å². The van der Waals surface area contributed by atoms with E-state index in [0.29, 0.717) is 28.9 Å². The summed E-state index contributed by atoms with van der Waals surface area (Å²) >= 11 is 3.50. The number of hydrogen-bond donors (Lipinski definition) is 4. The minimum absolute atomic E-state index is 0.138. The van der Waals surface area contributed by atoms with Crippen LogP contribution in [-0.2, 0) is 6.18 Å². The highest BCUT2D eigenvalue weighted by Gasteiger charge is 2.36. The molecule has 0 amide bonds. The Bertz CT molecular complexity index is 1040. The molecule has 1 aliphatic rings. The van der Waals surface area contributed by atoms with Crippen molar-refractivity contribution in [3.63, 3.8) is 0 Å². The smallest absolute Gasteiger partial charge is 0.387 e. The van der Waals surface area contributed by atoms with Crippen molar-refractivity contribution >= 4 is 38.5 Å². The largest absolute Gasteiger partial charge is 0.419 e. The maximum absolute atomic E-state index is 13.7. The second kappa shape index (κ2) is 8.43. The first-order valence-electron chi connectivity index (χ1n) is 9.75. The molecule has 0 aliphatic carbocycles. The predicted molar refractivity (Wildman–Crippen MR) is 116 cm³/mol. The lowest BCUT2D eigenvalue weighted by atomic mass is 9.98. The van der Waals surface area contributed by atoms with E-state index in [1.54, 1.807) is 19.3 Å². The summed E-state index contributed by atoms with van der Waals surface area (Å²) in [6.45, 7) is 2.53. The molecule has 2 aromatic heterocycles. The van der Waals surface area contributed by atoms with E-state index in [4.69, 9.17) is 0 Å². The van der Waals surface area contributed by atoms with Gasteiger partial charge in [0.1, 0.15) is 5.56 Å². The molecule has 1 aromatic carbocycles. The molecule has 0 bridgehead atoms. The van der Waals surface area contributed by atoms with Crippen molar-refractivity contribution < 1.29 is 13.2 Å². The van der Waals surface area contributed by atoms with Gasteiger partial charge in [-0.1, -0.05) is 6.07 Å². The van der Waals surface area contributed by atoms with Crippen molar-refractivity contribution in [2.75, 3.05) is 37.3 Å². The van der Waals surface area contributed by atoms with Crippen LogP contribution < -0.4 is 16.0 Å². The third-order valence-corrected chi connectivity index (χ3v) is 6.24. The Kier molecular flexibility index (Phi) is 5.88. The van der Waals surface area contributed by atoms with Gasteiger partial charge >= 0.3 is 6.18 Å². The highest BCUT2D eigenvalue weighted by molar-refractivity contribution is 9.10. The number of anilines is 2. The number of H-pyrrole nitrogens is 1. The molecular formula is C20H22BrF3N6. The molecular weight excluding hydrogens is 461 g/mol. The molecule has 160 valence electrons. The lowest BCUT2D eigenvalue weighted by Gasteiger charge is -2.23. The molecule has 4 rings (SSSR count). The molecule has 0 saturated carbocycles. The topological polar surface area (TPSA) is 77.7 Å². The molecule has 3 heterocycles. The van der Waals surface area contributed by atoms with Crippen LogP contribution in [0.3, 0.4) is 0 Å². The van der Waals surface area contributed by atoms with Gasteiger partial charge in [0, 0.05) is 36.9 Å². The van der Waals surface area contributed by atoms with E-state index < -0.39 is 11.7 Å². The minimum atomic E-state index is -4.56. The summed E-state index contributed by atoms with van der Waals surface area (Å²) in [5.74, 6) is 0.654. The van der Waals surface area contributed by atoms with Gasteiger partial charge < -0.3 is 20.9 Å². The molecule has 0 atom stereocenters. The van der Waals surface area contributed by atoms with Crippen LogP contribution in [0.5, 0.6) is 0 Å². The van der Waals surface area contributed by atoms with E-state index in [2.05, 4.69) is 46.8 Å². The van der Waals surface area contributed by atoms with Gasteiger partial charge in [0.2, 0.25) is 5.95 Å². The summed E-state index contributed by atoms with van der Waals surface area (Å²) in [5.41, 5.74) is 0.921. The first-order valence-corrected chi connectivity index (χ1v) is 10.5. The second-order valence-electron chi connectivity index (χ2n) is 7.33. The van der Waals surface area contributed by atoms with E-state index >= 15 is 0 Å². The number of aromatic nitrogens is 3. The van der Waals surface area contributed by atoms with Gasteiger partial charge in [-0.3, -0.25) is 0 Å². The zero-order chi connectivity index (χ0) is 21.3. The van der Waals surface area contributed by atoms with Crippen LogP contribution in [0.25, 0.3) is 22.2 Å². The fourth-order valence-corrected chi connectivity index (χ4v) is 4.41. The molecule has 0 spiro atoms. The van der Waals surface area contributed by atoms with E-state index in [-0.39, 0.29) is 11.6 Å². The maximum atomic E-state index is 13.7. The first-order chi connectivity index (χ1) is 14.4. The Labute approximate surface area is 180 Å². The van der Waals surface area contributed by atoms with Crippen molar-refractivity contribution in [3.8, 4) is 11.3 Å². The Morgan fingerprint density at radius 3 is 2.70 bits per heavy atom. The zero-order valence-corrected chi connectivity index (χ0v) is 17.9. The second-order valence-corrected chi connectivity index (χ2v) is 8.12. The van der Waals surface area contributed by atoms with Crippen molar-refractivity contribution in [3.05, 3.63) is 34.6 Å². The number of nitrogens with one attached hydrogen (secondary N) is 4. The number of aromatic amines is 1. The van der Waals surface area contributed by atoms with Gasteiger partial charge in [-0.05, 0) is 53.8 Å². The predicted octanol–water partition coefficient (Wildman–Crippen LogP) is 4.86. The van der Waals surface area contributed by atoms with Gasteiger partial charge in [0.05, 0.1) is 21.4 Å². The van der Waals surface area contributed by atoms with Gasteiger partial charge in [0.25, 0.3) is 0 Å². The lowest BCUT2D eigenvalue weighted by Crippen LogP contribution is -2.31. The van der Waals surface area contributed by atoms with Crippen LogP contribution in [0.4, 0.5) is 24.8 Å². The number of halogens is 4. The molecule has 6 nitrogen and oxygen atoms in total. The number of alkyl halides is 3. The highest BCUT2D eigenvalue weighted by atomic mass is 79.9. The minimum Gasteiger partial charge on any atom is -0.387 e. The Hall–Kier alpha value is -2.33. The summed E-state index contributed by atoms with van der Waals surface area (Å²) in [6, 6.07) is 3.59. The Balaban J connectivity index is 1.73. The molecule has 30 heavy (non-hydrogen) atoms. The number of hydrogen-bond acceptors (Lipinski definition) is 5. The zero-order valence-electron chi connectivity index (χ0n) is 16.3. The quantitative estimate of drug-likeness (QED) is 0.417. The molecule has 1 fully saturated rings. The van der Waals surface area contributed by atoms with Gasteiger partial charge in [0.15, 0.2) is 0 Å². The lowest BCUT2D eigenvalue weighted by molar-refractivity contribution is -0.137. The third-order valence-electron chi connectivity index (χ3n) is 5.42. The van der Waals surface area contributed by atoms with E-state index in [9.17, 15) is 13.2 Å².